The summed E-state index contributed by atoms with van der Waals surface area (Å²) in [6.07, 6.45) is 12.4. The van der Waals surface area contributed by atoms with Crippen molar-refractivity contribution in [3.8, 4) is 0 Å². The van der Waals surface area contributed by atoms with Crippen molar-refractivity contribution in [3.63, 3.8) is 0 Å². The van der Waals surface area contributed by atoms with Gasteiger partial charge in [-0.1, -0.05) is 63.1 Å². The van der Waals surface area contributed by atoms with E-state index in [0.717, 1.165) is 10.3 Å². The molecule has 0 aromatic rings. The molecule has 0 saturated carbocycles. The Bertz CT molecular complexity index is 1060. The van der Waals surface area contributed by atoms with Crippen LogP contribution in [0.2, 0.25) is 0 Å². The summed E-state index contributed by atoms with van der Waals surface area (Å²) in [6, 6.07) is -0.622. The van der Waals surface area contributed by atoms with Gasteiger partial charge >= 0.3 is 0 Å². The third kappa shape index (κ3) is 6.68. The van der Waals surface area contributed by atoms with Crippen molar-refractivity contribution >= 4 is 6.21 Å². The van der Waals surface area contributed by atoms with E-state index >= 15 is 0 Å². The summed E-state index contributed by atoms with van der Waals surface area (Å²) in [6.45, 7) is 21.1. The van der Waals surface area contributed by atoms with E-state index in [0.29, 0.717) is 6.61 Å². The molecule has 212 valence electrons. The van der Waals surface area contributed by atoms with Crippen molar-refractivity contribution in [2.24, 2.45) is 10.8 Å². The highest BCUT2D eigenvalue weighted by atomic mass is 16.8. The molecule has 7 heteroatoms. The average molecular weight is 530 g/mol. The van der Waals surface area contributed by atoms with E-state index in [4.69, 9.17) is 23.7 Å². The summed E-state index contributed by atoms with van der Waals surface area (Å²) >= 11 is 0. The van der Waals surface area contributed by atoms with Crippen molar-refractivity contribution in [2.75, 3.05) is 6.61 Å². The molecule has 38 heavy (non-hydrogen) atoms. The first-order chi connectivity index (χ1) is 17.5. The lowest BCUT2D eigenvalue weighted by molar-refractivity contribution is -0.516. The van der Waals surface area contributed by atoms with Crippen LogP contribution in [0.25, 0.3) is 0 Å². The van der Waals surface area contributed by atoms with E-state index in [-0.39, 0.29) is 16.9 Å². The van der Waals surface area contributed by atoms with Crippen LogP contribution >= 0.6 is 0 Å². The summed E-state index contributed by atoms with van der Waals surface area (Å²) in [5, 5.41) is 13.4. The Morgan fingerprint density at radius 2 is 1.63 bits per heavy atom. The number of ether oxygens (including phenoxy) is 5. The Balaban J connectivity index is 1.49. The zero-order valence-corrected chi connectivity index (χ0v) is 24.9. The number of rotatable bonds is 6. The number of hydroxylamine groups is 1. The van der Waals surface area contributed by atoms with Gasteiger partial charge in [0.05, 0.1) is 6.61 Å². The SMILES string of the molecule is CC(/C=C\C=[N+]([O-])[C@@H]1[C@H]([C@@H]2COC(C)(C)O2)O[C@H]2OC(C)(C)O[C@@H]21)=C/C(C)=C/C1=CC(C)(C)CCC1(C)C. The molecule has 0 aromatic heterocycles. The molecule has 3 saturated heterocycles. The number of hydrogen-bond donors (Lipinski definition) is 0. The second-order valence-electron chi connectivity index (χ2n) is 13.5. The molecule has 0 aromatic carbocycles. The first-order valence-corrected chi connectivity index (χ1v) is 13.9. The van der Waals surface area contributed by atoms with Gasteiger partial charge in [0.15, 0.2) is 36.3 Å². The number of fused-ring (bicyclic) bond motifs is 1. The zero-order chi connectivity index (χ0) is 28.1. The molecule has 0 amide bonds. The van der Waals surface area contributed by atoms with Crippen molar-refractivity contribution in [3.05, 3.63) is 52.3 Å². The summed E-state index contributed by atoms with van der Waals surface area (Å²) in [5.74, 6) is -1.54. The predicted octanol–water partition coefficient (Wildman–Crippen LogP) is 6.19. The minimum absolute atomic E-state index is 0.173. The molecule has 0 N–H and O–H groups in total. The van der Waals surface area contributed by atoms with E-state index in [9.17, 15) is 5.21 Å². The number of nitrogens with zero attached hydrogens (tertiary/aromatic N) is 1. The van der Waals surface area contributed by atoms with Crippen molar-refractivity contribution in [1.29, 1.82) is 0 Å². The fraction of sp³-hybridized carbons (Fsp3) is 0.710. The van der Waals surface area contributed by atoms with Gasteiger partial charge in [-0.15, -0.1) is 0 Å². The van der Waals surface area contributed by atoms with Gasteiger partial charge in [-0.2, -0.15) is 0 Å². The van der Waals surface area contributed by atoms with Crippen LogP contribution in [0.3, 0.4) is 0 Å². The molecule has 5 atom stereocenters. The van der Waals surface area contributed by atoms with Crippen LogP contribution < -0.4 is 0 Å². The summed E-state index contributed by atoms with van der Waals surface area (Å²) in [4.78, 5) is 0. The molecule has 3 fully saturated rings. The molecule has 0 unspecified atom stereocenters. The quantitative estimate of drug-likeness (QED) is 0.134. The Kier molecular flexibility index (Phi) is 7.94. The van der Waals surface area contributed by atoms with Gasteiger partial charge < -0.3 is 28.9 Å². The summed E-state index contributed by atoms with van der Waals surface area (Å²) in [5.41, 5.74) is 4.04. The second-order valence-corrected chi connectivity index (χ2v) is 13.5. The topological polar surface area (TPSA) is 72.2 Å². The maximum absolute atomic E-state index is 13.4. The van der Waals surface area contributed by atoms with Crippen molar-refractivity contribution < 1.29 is 28.4 Å². The standard InChI is InChI=1S/C31H47NO6/c1-20(16-21(2)17-22-18-28(3,4)13-14-29(22,5)6)12-11-15-32(33)24-25(23-19-34-30(7,8)36-23)35-27-26(24)37-31(9,10)38-27/h11-12,15-18,23-27H,13-14,19H2,1-10H3/b12-11-,20-16-,21-17+,32-15?/t23-,24+,25-,26+,27-/m0/s1. The first kappa shape index (κ1) is 29.2. The zero-order valence-electron chi connectivity index (χ0n) is 24.9. The monoisotopic (exact) mass is 529 g/mol. The van der Waals surface area contributed by atoms with Crippen LogP contribution in [0.1, 0.15) is 82.1 Å². The third-order valence-electron chi connectivity index (χ3n) is 7.90. The van der Waals surface area contributed by atoms with Gasteiger partial charge in [0.1, 0.15) is 6.10 Å². The van der Waals surface area contributed by atoms with E-state index in [2.05, 4.69) is 52.8 Å². The summed E-state index contributed by atoms with van der Waals surface area (Å²) < 4.78 is 30.8. The first-order valence-electron chi connectivity index (χ1n) is 13.9. The van der Waals surface area contributed by atoms with Crippen LogP contribution in [0.15, 0.2) is 47.1 Å². The molecule has 0 bridgehead atoms. The average Bonchev–Trinajstić information content (AvgIpc) is 3.39. The maximum atomic E-state index is 13.4. The molecule has 4 aliphatic rings. The van der Waals surface area contributed by atoms with Gasteiger partial charge in [-0.25, -0.2) is 4.74 Å². The normalized spacial score (nSPS) is 36.5. The minimum atomic E-state index is -0.817. The lowest BCUT2D eigenvalue weighted by atomic mass is 9.67. The Hall–Kier alpha value is -1.77. The number of hydrogen-bond acceptors (Lipinski definition) is 6. The lowest BCUT2D eigenvalue weighted by Gasteiger charge is -2.38. The second kappa shape index (κ2) is 10.3. The highest BCUT2D eigenvalue weighted by Gasteiger charge is 2.62. The Morgan fingerprint density at radius 1 is 0.921 bits per heavy atom. The van der Waals surface area contributed by atoms with Crippen LogP contribution in [-0.4, -0.2) is 59.8 Å². The molecule has 0 spiro atoms. The molecule has 3 aliphatic heterocycles. The van der Waals surface area contributed by atoms with E-state index in [1.807, 2.05) is 40.7 Å². The summed E-state index contributed by atoms with van der Waals surface area (Å²) in [7, 11) is 0. The highest BCUT2D eigenvalue weighted by Crippen LogP contribution is 2.45. The molecule has 1 aliphatic carbocycles. The fourth-order valence-corrected chi connectivity index (χ4v) is 5.77. The van der Waals surface area contributed by atoms with E-state index in [1.165, 1.54) is 30.2 Å². The van der Waals surface area contributed by atoms with Crippen molar-refractivity contribution in [1.82, 2.24) is 0 Å². The van der Waals surface area contributed by atoms with Crippen LogP contribution in [0.4, 0.5) is 0 Å². The van der Waals surface area contributed by atoms with Gasteiger partial charge in [0, 0.05) is 6.08 Å². The fourth-order valence-electron chi connectivity index (χ4n) is 5.77. The Morgan fingerprint density at radius 3 is 2.29 bits per heavy atom. The van der Waals surface area contributed by atoms with Crippen molar-refractivity contribution in [2.45, 2.75) is 124 Å². The molecular weight excluding hydrogens is 482 g/mol. The van der Waals surface area contributed by atoms with E-state index < -0.39 is 36.1 Å². The molecular formula is C31H47NO6. The Labute approximate surface area is 228 Å². The smallest absolute Gasteiger partial charge is 0.222 e. The lowest BCUT2D eigenvalue weighted by Crippen LogP contribution is -2.47. The molecule has 3 heterocycles. The van der Waals surface area contributed by atoms with Gasteiger partial charge in [0.2, 0.25) is 6.04 Å². The van der Waals surface area contributed by atoms with Gasteiger partial charge in [-0.3, -0.25) is 0 Å². The largest absolute Gasteiger partial charge is 0.623 e. The predicted molar refractivity (Wildman–Crippen MR) is 149 cm³/mol. The van der Waals surface area contributed by atoms with E-state index in [1.54, 1.807) is 6.08 Å². The van der Waals surface area contributed by atoms with Crippen LogP contribution in [0.5, 0.6) is 0 Å². The molecule has 0 radical (unpaired) electrons. The van der Waals surface area contributed by atoms with Crippen LogP contribution in [0, 0.1) is 16.0 Å². The number of allylic oxidation sites excluding steroid dienone is 8. The molecule has 7 nitrogen and oxygen atoms in total. The van der Waals surface area contributed by atoms with Gasteiger partial charge in [0.25, 0.3) is 0 Å². The minimum Gasteiger partial charge on any atom is -0.623 e. The van der Waals surface area contributed by atoms with Crippen LogP contribution in [-0.2, 0) is 23.7 Å². The third-order valence-corrected chi connectivity index (χ3v) is 7.90. The molecule has 4 rings (SSSR count). The highest BCUT2D eigenvalue weighted by molar-refractivity contribution is 5.67. The maximum Gasteiger partial charge on any atom is 0.222 e. The van der Waals surface area contributed by atoms with Gasteiger partial charge in [-0.05, 0) is 70.8 Å².